The summed E-state index contributed by atoms with van der Waals surface area (Å²) in [4.78, 5) is 11.4. The lowest BCUT2D eigenvalue weighted by molar-refractivity contribution is -0.114. The predicted octanol–water partition coefficient (Wildman–Crippen LogP) is 7.47. The molecule has 1 N–H and O–H groups in total. The highest BCUT2D eigenvalue weighted by atomic mass is 16.1. The zero-order chi connectivity index (χ0) is 20.9. The van der Waals surface area contributed by atoms with Crippen molar-refractivity contribution in [2.24, 2.45) is 0 Å². The minimum absolute atomic E-state index is 0.0586. The summed E-state index contributed by atoms with van der Waals surface area (Å²) in [5.74, 6) is -0.0586. The lowest BCUT2D eigenvalue weighted by atomic mass is 9.93. The number of nitrogens with one attached hydrogen (secondary N) is 1. The zero-order valence-corrected chi connectivity index (χ0v) is 17.6. The molecule has 4 rings (SSSR count). The van der Waals surface area contributed by atoms with Crippen molar-refractivity contribution in [1.29, 1.82) is 0 Å². The molecule has 0 unspecified atom stereocenters. The fraction of sp³-hybridized carbons (Fsp3) is 0.179. The Hall–Kier alpha value is -3.39. The summed E-state index contributed by atoms with van der Waals surface area (Å²) in [5.41, 5.74) is 6.93. The number of fused-ring (bicyclic) bond motifs is 1. The highest BCUT2D eigenvalue weighted by molar-refractivity contribution is 5.91. The molecule has 0 saturated heterocycles. The largest absolute Gasteiger partial charge is 0.326 e. The van der Waals surface area contributed by atoms with Gasteiger partial charge in [0.05, 0.1) is 0 Å². The van der Waals surface area contributed by atoms with Crippen molar-refractivity contribution in [3.05, 3.63) is 90.5 Å². The van der Waals surface area contributed by atoms with E-state index in [4.69, 9.17) is 0 Å². The van der Waals surface area contributed by atoms with Crippen molar-refractivity contribution < 1.29 is 4.79 Å². The monoisotopic (exact) mass is 393 g/mol. The fourth-order valence-corrected chi connectivity index (χ4v) is 3.99. The Morgan fingerprint density at radius 3 is 2.23 bits per heavy atom. The molecule has 0 atom stereocenters. The van der Waals surface area contributed by atoms with Crippen LogP contribution in [0, 0.1) is 0 Å². The number of carbonyl (C=O) groups is 1. The molecule has 0 aliphatic rings. The maximum Gasteiger partial charge on any atom is 0.221 e. The second-order valence-electron chi connectivity index (χ2n) is 7.80. The summed E-state index contributed by atoms with van der Waals surface area (Å²) in [6.45, 7) is 3.77. The summed E-state index contributed by atoms with van der Waals surface area (Å²) in [5, 5.41) is 5.52. The third-order valence-corrected chi connectivity index (χ3v) is 5.46. The van der Waals surface area contributed by atoms with E-state index in [1.54, 1.807) is 0 Å². The lowest BCUT2D eigenvalue weighted by Crippen LogP contribution is -2.05. The van der Waals surface area contributed by atoms with Crippen LogP contribution in [-0.2, 0) is 11.2 Å². The highest BCUT2D eigenvalue weighted by Gasteiger charge is 2.08. The first-order valence-corrected chi connectivity index (χ1v) is 10.6. The number of anilines is 1. The summed E-state index contributed by atoms with van der Waals surface area (Å²) < 4.78 is 0. The van der Waals surface area contributed by atoms with Gasteiger partial charge in [-0.25, -0.2) is 0 Å². The quantitative estimate of drug-likeness (QED) is 0.361. The van der Waals surface area contributed by atoms with Gasteiger partial charge in [0.1, 0.15) is 0 Å². The molecule has 150 valence electrons. The smallest absolute Gasteiger partial charge is 0.221 e. The van der Waals surface area contributed by atoms with Crippen molar-refractivity contribution in [3.8, 4) is 22.3 Å². The van der Waals surface area contributed by atoms with Crippen molar-refractivity contribution in [1.82, 2.24) is 0 Å². The van der Waals surface area contributed by atoms with Crippen LogP contribution < -0.4 is 5.32 Å². The molecular formula is C28H27NO. The van der Waals surface area contributed by atoms with Gasteiger partial charge in [-0.3, -0.25) is 4.79 Å². The van der Waals surface area contributed by atoms with Crippen LogP contribution in [-0.4, -0.2) is 5.91 Å². The predicted molar refractivity (Wildman–Crippen MR) is 128 cm³/mol. The minimum Gasteiger partial charge on any atom is -0.326 e. The molecule has 0 aromatic heterocycles. The highest BCUT2D eigenvalue weighted by Crippen LogP contribution is 2.32. The third kappa shape index (κ3) is 4.44. The Bertz CT molecular complexity index is 1190. The summed E-state index contributed by atoms with van der Waals surface area (Å²) in [7, 11) is 0. The van der Waals surface area contributed by atoms with E-state index < -0.39 is 0 Å². The Balaban J connectivity index is 1.75. The Morgan fingerprint density at radius 1 is 0.767 bits per heavy atom. The van der Waals surface area contributed by atoms with Crippen LogP contribution in [0.4, 0.5) is 5.69 Å². The molecule has 0 aliphatic heterocycles. The van der Waals surface area contributed by atoms with Crippen LogP contribution >= 0.6 is 0 Å². The molecule has 2 nitrogen and oxygen atoms in total. The normalized spacial score (nSPS) is 10.9. The van der Waals surface area contributed by atoms with Gasteiger partial charge >= 0.3 is 0 Å². The summed E-state index contributed by atoms with van der Waals surface area (Å²) in [6, 6.07) is 29.9. The number of amides is 1. The van der Waals surface area contributed by atoms with Crippen molar-refractivity contribution in [2.45, 2.75) is 33.1 Å². The van der Waals surface area contributed by atoms with Crippen molar-refractivity contribution in [2.75, 3.05) is 5.32 Å². The topological polar surface area (TPSA) is 29.1 Å². The molecule has 4 aromatic carbocycles. The molecule has 1 amide bonds. The molecule has 0 spiro atoms. The molecule has 30 heavy (non-hydrogen) atoms. The third-order valence-electron chi connectivity index (χ3n) is 5.46. The molecule has 0 heterocycles. The first-order chi connectivity index (χ1) is 14.6. The molecule has 0 radical (unpaired) electrons. The van der Waals surface area contributed by atoms with Crippen LogP contribution in [0.25, 0.3) is 33.0 Å². The molecule has 0 bridgehead atoms. The van der Waals surface area contributed by atoms with Crippen molar-refractivity contribution in [3.63, 3.8) is 0 Å². The second kappa shape index (κ2) is 8.96. The van der Waals surface area contributed by atoms with Gasteiger partial charge in [-0.1, -0.05) is 74.0 Å². The number of carbonyl (C=O) groups excluding carboxylic acids is 1. The van der Waals surface area contributed by atoms with Gasteiger partial charge in [-0.05, 0) is 75.7 Å². The Kier molecular flexibility index (Phi) is 5.94. The number of rotatable bonds is 6. The van der Waals surface area contributed by atoms with Crippen molar-refractivity contribution >= 4 is 22.4 Å². The van der Waals surface area contributed by atoms with Gasteiger partial charge < -0.3 is 5.32 Å². The minimum atomic E-state index is -0.0586. The van der Waals surface area contributed by atoms with Crippen LogP contribution in [0.3, 0.4) is 0 Å². The van der Waals surface area contributed by atoms with E-state index in [0.717, 1.165) is 23.2 Å². The molecule has 4 aromatic rings. The van der Waals surface area contributed by atoms with Crippen LogP contribution in [0.1, 0.15) is 32.3 Å². The average Bonchev–Trinajstić information content (AvgIpc) is 2.77. The first-order valence-electron chi connectivity index (χ1n) is 10.6. The SMILES string of the molecule is CCCCc1cc(-c2cccc(-c3cccc(NC(C)=O)c3)c2)cc2ccccc12. The average molecular weight is 394 g/mol. The van der Waals surface area contributed by atoms with E-state index >= 15 is 0 Å². The molecule has 2 heteroatoms. The maximum atomic E-state index is 11.4. The number of hydrogen-bond acceptors (Lipinski definition) is 1. The van der Waals surface area contributed by atoms with E-state index in [1.165, 1.54) is 47.2 Å². The van der Waals surface area contributed by atoms with E-state index in [9.17, 15) is 4.79 Å². The van der Waals surface area contributed by atoms with Crippen LogP contribution in [0.15, 0.2) is 84.9 Å². The van der Waals surface area contributed by atoms with Gasteiger partial charge in [0, 0.05) is 12.6 Å². The Morgan fingerprint density at radius 2 is 1.47 bits per heavy atom. The number of benzene rings is 4. The maximum absolute atomic E-state index is 11.4. The standard InChI is InChI=1S/C28H27NO/c1-3-4-9-24-17-26(18-25-10-5-6-15-28(24)25)22-12-7-11-21(16-22)23-13-8-14-27(19-23)29-20(2)30/h5-8,10-19H,3-4,9H2,1-2H3,(H,29,30). The Labute approximate surface area is 178 Å². The second-order valence-corrected chi connectivity index (χ2v) is 7.80. The molecular weight excluding hydrogens is 366 g/mol. The van der Waals surface area contributed by atoms with E-state index in [-0.39, 0.29) is 5.91 Å². The summed E-state index contributed by atoms with van der Waals surface area (Å²) >= 11 is 0. The van der Waals surface area contributed by atoms with Gasteiger partial charge in [-0.2, -0.15) is 0 Å². The fourth-order valence-electron chi connectivity index (χ4n) is 3.99. The first kappa shape index (κ1) is 19.9. The van der Waals surface area contributed by atoms with E-state index in [1.807, 2.05) is 18.2 Å². The molecule has 0 aliphatic carbocycles. The van der Waals surface area contributed by atoms with Gasteiger partial charge in [0.25, 0.3) is 0 Å². The number of hydrogen-bond donors (Lipinski definition) is 1. The summed E-state index contributed by atoms with van der Waals surface area (Å²) in [6.07, 6.45) is 3.49. The number of unbranched alkanes of at least 4 members (excludes halogenated alkanes) is 1. The van der Waals surface area contributed by atoms with Gasteiger partial charge in [0.15, 0.2) is 0 Å². The lowest BCUT2D eigenvalue weighted by Gasteiger charge is -2.12. The van der Waals surface area contributed by atoms with Crippen LogP contribution in [0.5, 0.6) is 0 Å². The molecule has 0 saturated carbocycles. The van der Waals surface area contributed by atoms with Crippen LogP contribution in [0.2, 0.25) is 0 Å². The van der Waals surface area contributed by atoms with Gasteiger partial charge in [0.2, 0.25) is 5.91 Å². The van der Waals surface area contributed by atoms with E-state index in [0.29, 0.717) is 0 Å². The van der Waals surface area contributed by atoms with E-state index in [2.05, 4.69) is 79.0 Å². The zero-order valence-electron chi connectivity index (χ0n) is 17.6. The number of aryl methyl sites for hydroxylation is 1. The molecule has 0 fully saturated rings. The van der Waals surface area contributed by atoms with Gasteiger partial charge in [-0.15, -0.1) is 0 Å².